The van der Waals surface area contributed by atoms with E-state index in [9.17, 15) is 0 Å². The highest BCUT2D eigenvalue weighted by Crippen LogP contribution is 2.34. The predicted molar refractivity (Wildman–Crippen MR) is 76.9 cm³/mol. The van der Waals surface area contributed by atoms with Gasteiger partial charge < -0.3 is 10.8 Å². The van der Waals surface area contributed by atoms with Crippen LogP contribution in [-0.2, 0) is 0 Å². The molecule has 1 atom stereocenters. The minimum absolute atomic E-state index is 0.268. The molecular formula is C14H24N2OS. The zero-order valence-corrected chi connectivity index (χ0v) is 12.0. The minimum Gasteiger partial charge on any atom is -0.396 e. The van der Waals surface area contributed by atoms with E-state index in [0.29, 0.717) is 18.6 Å². The first-order valence-corrected chi connectivity index (χ1v) is 7.71. The fraction of sp³-hybridized carbons (Fsp3) is 0.714. The van der Waals surface area contributed by atoms with E-state index in [2.05, 4.69) is 24.0 Å². The third-order valence-corrected chi connectivity index (χ3v) is 4.93. The van der Waals surface area contributed by atoms with Gasteiger partial charge in [0.05, 0.1) is 6.04 Å². The molecule has 1 saturated carbocycles. The van der Waals surface area contributed by atoms with Crippen molar-refractivity contribution in [3.8, 4) is 0 Å². The van der Waals surface area contributed by atoms with Crippen LogP contribution in [0.1, 0.15) is 41.5 Å². The van der Waals surface area contributed by atoms with Crippen LogP contribution in [0.5, 0.6) is 0 Å². The van der Waals surface area contributed by atoms with E-state index in [1.54, 1.807) is 0 Å². The van der Waals surface area contributed by atoms with Crippen LogP contribution in [0.2, 0.25) is 0 Å². The van der Waals surface area contributed by atoms with E-state index < -0.39 is 0 Å². The van der Waals surface area contributed by atoms with Crippen LogP contribution < -0.4 is 5.73 Å². The Morgan fingerprint density at radius 1 is 1.50 bits per heavy atom. The summed E-state index contributed by atoms with van der Waals surface area (Å²) in [7, 11) is 0. The lowest BCUT2D eigenvalue weighted by Crippen LogP contribution is -2.45. The van der Waals surface area contributed by atoms with Crippen molar-refractivity contribution in [3.05, 3.63) is 21.9 Å². The largest absolute Gasteiger partial charge is 0.396 e. The van der Waals surface area contributed by atoms with Crippen molar-refractivity contribution >= 4 is 11.3 Å². The quantitative estimate of drug-likeness (QED) is 0.798. The van der Waals surface area contributed by atoms with Crippen molar-refractivity contribution in [3.63, 3.8) is 0 Å². The summed E-state index contributed by atoms with van der Waals surface area (Å²) >= 11 is 1.85. The molecule has 3 nitrogen and oxygen atoms in total. The molecule has 1 aliphatic carbocycles. The zero-order valence-electron chi connectivity index (χ0n) is 11.1. The molecule has 1 unspecified atom stereocenters. The average Bonchev–Trinajstić information content (AvgIpc) is 2.71. The van der Waals surface area contributed by atoms with Gasteiger partial charge >= 0.3 is 0 Å². The second-order valence-corrected chi connectivity index (χ2v) is 6.42. The molecule has 4 heteroatoms. The first-order valence-electron chi connectivity index (χ1n) is 6.89. The Labute approximate surface area is 114 Å². The lowest BCUT2D eigenvalue weighted by Gasteiger charge is -2.42. The molecular weight excluding hydrogens is 244 g/mol. The van der Waals surface area contributed by atoms with Crippen molar-refractivity contribution in [1.29, 1.82) is 0 Å². The lowest BCUT2D eigenvalue weighted by atomic mass is 9.90. The van der Waals surface area contributed by atoms with Gasteiger partial charge in [0.15, 0.2) is 0 Å². The number of thiophene rings is 1. The summed E-state index contributed by atoms with van der Waals surface area (Å²) in [6.45, 7) is 4.04. The lowest BCUT2D eigenvalue weighted by molar-refractivity contribution is 0.0758. The molecule has 3 N–H and O–H groups in total. The number of rotatable bonds is 7. The van der Waals surface area contributed by atoms with Gasteiger partial charge in [0, 0.05) is 35.5 Å². The van der Waals surface area contributed by atoms with Crippen LogP contribution in [0.25, 0.3) is 0 Å². The van der Waals surface area contributed by atoms with Crippen molar-refractivity contribution < 1.29 is 5.11 Å². The molecule has 0 aliphatic heterocycles. The Bertz CT molecular complexity index is 362. The Kier molecular flexibility index (Phi) is 5.18. The van der Waals surface area contributed by atoms with E-state index in [1.165, 1.54) is 29.0 Å². The predicted octanol–water partition coefficient (Wildman–Crippen LogP) is 2.29. The molecule has 1 aliphatic rings. The number of hydrogen-bond donors (Lipinski definition) is 2. The molecule has 1 aromatic rings. The summed E-state index contributed by atoms with van der Waals surface area (Å²) in [5.41, 5.74) is 6.01. The van der Waals surface area contributed by atoms with Gasteiger partial charge in [-0.3, -0.25) is 4.90 Å². The second kappa shape index (κ2) is 6.66. The van der Waals surface area contributed by atoms with Gasteiger partial charge in [0.1, 0.15) is 0 Å². The summed E-state index contributed by atoms with van der Waals surface area (Å²) in [6, 6.07) is 5.39. The normalized spacial score (nSPS) is 18.0. The van der Waals surface area contributed by atoms with Crippen molar-refractivity contribution in [2.24, 2.45) is 5.73 Å². The first kappa shape index (κ1) is 14.0. The maximum Gasteiger partial charge on any atom is 0.0566 e. The molecule has 0 aromatic carbocycles. The number of aryl methyl sites for hydroxylation is 1. The van der Waals surface area contributed by atoms with Gasteiger partial charge in [-0.1, -0.05) is 6.42 Å². The van der Waals surface area contributed by atoms with Crippen molar-refractivity contribution in [2.45, 2.75) is 44.7 Å². The van der Waals surface area contributed by atoms with Gasteiger partial charge in [-0.15, -0.1) is 11.3 Å². The second-order valence-electron chi connectivity index (χ2n) is 5.10. The van der Waals surface area contributed by atoms with Crippen molar-refractivity contribution in [1.82, 2.24) is 4.90 Å². The maximum absolute atomic E-state index is 9.06. The standard InChI is InChI=1S/C14H24N2OS/c1-11-6-7-14(18-11)13(10-15)16(8-3-9-17)12-4-2-5-12/h6-7,12-13,17H,2-5,8-10,15H2,1H3. The van der Waals surface area contributed by atoms with Crippen LogP contribution in [0.3, 0.4) is 0 Å². The summed E-state index contributed by atoms with van der Waals surface area (Å²) in [5.74, 6) is 0. The van der Waals surface area contributed by atoms with Gasteiger partial charge in [0.25, 0.3) is 0 Å². The number of nitrogens with zero attached hydrogens (tertiary/aromatic N) is 1. The summed E-state index contributed by atoms with van der Waals surface area (Å²) in [4.78, 5) is 5.24. The minimum atomic E-state index is 0.268. The summed E-state index contributed by atoms with van der Waals surface area (Å²) in [6.07, 6.45) is 4.75. The SMILES string of the molecule is Cc1ccc(C(CN)N(CCCO)C2CCC2)s1. The maximum atomic E-state index is 9.06. The monoisotopic (exact) mass is 268 g/mol. The number of nitrogens with two attached hydrogens (primary N) is 1. The van der Waals surface area contributed by atoms with E-state index >= 15 is 0 Å². The zero-order chi connectivity index (χ0) is 13.0. The fourth-order valence-electron chi connectivity index (χ4n) is 2.61. The molecule has 102 valence electrons. The Hall–Kier alpha value is -0.420. The third kappa shape index (κ3) is 3.12. The van der Waals surface area contributed by atoms with Gasteiger partial charge in [-0.05, 0) is 38.3 Å². The molecule has 18 heavy (non-hydrogen) atoms. The fourth-order valence-corrected chi connectivity index (χ4v) is 3.62. The molecule has 1 heterocycles. The molecule has 0 radical (unpaired) electrons. The first-order chi connectivity index (χ1) is 8.76. The van der Waals surface area contributed by atoms with E-state index in [-0.39, 0.29) is 6.61 Å². The highest BCUT2D eigenvalue weighted by Gasteiger charge is 2.30. The molecule has 0 amide bonds. The Balaban J connectivity index is 2.09. The molecule has 0 bridgehead atoms. The van der Waals surface area contributed by atoms with Crippen LogP contribution in [-0.4, -0.2) is 35.7 Å². The van der Waals surface area contributed by atoms with Gasteiger partial charge in [-0.25, -0.2) is 0 Å². The molecule has 2 rings (SSSR count). The van der Waals surface area contributed by atoms with Crippen molar-refractivity contribution in [2.75, 3.05) is 19.7 Å². The van der Waals surface area contributed by atoms with Crippen LogP contribution in [0.15, 0.2) is 12.1 Å². The number of hydrogen-bond acceptors (Lipinski definition) is 4. The average molecular weight is 268 g/mol. The van der Waals surface area contributed by atoms with Crippen LogP contribution >= 0.6 is 11.3 Å². The summed E-state index contributed by atoms with van der Waals surface area (Å²) < 4.78 is 0. The third-order valence-electron chi connectivity index (χ3n) is 3.83. The van der Waals surface area contributed by atoms with Gasteiger partial charge in [0.2, 0.25) is 0 Å². The highest BCUT2D eigenvalue weighted by molar-refractivity contribution is 7.12. The molecule has 1 aromatic heterocycles. The van der Waals surface area contributed by atoms with Crippen LogP contribution in [0, 0.1) is 6.92 Å². The number of aliphatic hydroxyl groups is 1. The Morgan fingerprint density at radius 2 is 2.28 bits per heavy atom. The Morgan fingerprint density at radius 3 is 2.72 bits per heavy atom. The summed E-state index contributed by atoms with van der Waals surface area (Å²) in [5, 5.41) is 9.06. The number of aliphatic hydroxyl groups excluding tert-OH is 1. The smallest absolute Gasteiger partial charge is 0.0566 e. The van der Waals surface area contributed by atoms with E-state index in [0.717, 1.165) is 13.0 Å². The molecule has 0 saturated heterocycles. The van der Waals surface area contributed by atoms with E-state index in [4.69, 9.17) is 10.8 Å². The van der Waals surface area contributed by atoms with Gasteiger partial charge in [-0.2, -0.15) is 0 Å². The topological polar surface area (TPSA) is 49.5 Å². The molecule has 1 fully saturated rings. The van der Waals surface area contributed by atoms with E-state index in [1.807, 2.05) is 11.3 Å². The highest BCUT2D eigenvalue weighted by atomic mass is 32.1. The van der Waals surface area contributed by atoms with Crippen LogP contribution in [0.4, 0.5) is 0 Å². The molecule has 0 spiro atoms.